The van der Waals surface area contributed by atoms with Gasteiger partial charge >= 0.3 is 0 Å². The number of benzene rings is 1. The molecule has 2 aliphatic heterocycles. The van der Waals surface area contributed by atoms with Gasteiger partial charge in [0.15, 0.2) is 0 Å². The second kappa shape index (κ2) is 14.3. The normalized spacial score (nSPS) is 20.3. The number of hydrogen-bond donors (Lipinski definition) is 4. The Hall–Kier alpha value is -1.77. The predicted molar refractivity (Wildman–Crippen MR) is 130 cm³/mol. The molecule has 7 heteroatoms. The number of nitrogens with one attached hydrogen (secondary N) is 4. The molecule has 1 aromatic rings. The lowest BCUT2D eigenvalue weighted by atomic mass is 10.1. The SMILES string of the molecule is CC1=NC=CN(CNCc2ccc(CN3CCCNCCNCCCNCC3)cc2)C1. The van der Waals surface area contributed by atoms with Gasteiger partial charge in [0.1, 0.15) is 0 Å². The van der Waals surface area contributed by atoms with Crippen LogP contribution in [0.5, 0.6) is 0 Å². The molecule has 0 atom stereocenters. The molecule has 31 heavy (non-hydrogen) atoms. The summed E-state index contributed by atoms with van der Waals surface area (Å²) >= 11 is 0. The summed E-state index contributed by atoms with van der Waals surface area (Å²) in [6, 6.07) is 9.10. The van der Waals surface area contributed by atoms with Crippen LogP contribution in [0.1, 0.15) is 30.9 Å². The summed E-state index contributed by atoms with van der Waals surface area (Å²) in [4.78, 5) is 9.12. The van der Waals surface area contributed by atoms with Crippen LogP contribution in [0.25, 0.3) is 0 Å². The van der Waals surface area contributed by atoms with Gasteiger partial charge in [0.2, 0.25) is 0 Å². The maximum Gasteiger partial charge on any atom is 0.0684 e. The minimum atomic E-state index is 0.843. The summed E-state index contributed by atoms with van der Waals surface area (Å²) in [5.74, 6) is 0. The van der Waals surface area contributed by atoms with Crippen molar-refractivity contribution in [3.8, 4) is 0 Å². The van der Waals surface area contributed by atoms with Gasteiger partial charge in [-0.1, -0.05) is 24.3 Å². The highest BCUT2D eigenvalue weighted by atomic mass is 15.2. The molecule has 7 nitrogen and oxygen atoms in total. The van der Waals surface area contributed by atoms with E-state index >= 15 is 0 Å². The summed E-state index contributed by atoms with van der Waals surface area (Å²) in [5, 5.41) is 14.2. The maximum atomic E-state index is 4.29. The quantitative estimate of drug-likeness (QED) is 0.550. The summed E-state index contributed by atoms with van der Waals surface area (Å²) < 4.78 is 0. The van der Waals surface area contributed by atoms with Crippen molar-refractivity contribution in [3.05, 3.63) is 47.8 Å². The number of rotatable bonds is 6. The maximum absolute atomic E-state index is 4.29. The highest BCUT2D eigenvalue weighted by molar-refractivity contribution is 5.85. The van der Waals surface area contributed by atoms with Crippen molar-refractivity contribution in [3.63, 3.8) is 0 Å². The van der Waals surface area contributed by atoms with Crippen LogP contribution >= 0.6 is 0 Å². The van der Waals surface area contributed by atoms with Gasteiger partial charge in [-0.3, -0.25) is 15.2 Å². The van der Waals surface area contributed by atoms with Crippen LogP contribution in [0.15, 0.2) is 41.7 Å². The smallest absolute Gasteiger partial charge is 0.0684 e. The molecule has 2 aliphatic rings. The third-order valence-electron chi connectivity index (χ3n) is 5.70. The monoisotopic (exact) mass is 427 g/mol. The molecule has 1 saturated heterocycles. The third kappa shape index (κ3) is 9.93. The second-order valence-corrected chi connectivity index (χ2v) is 8.54. The topological polar surface area (TPSA) is 67.0 Å². The standard InChI is InChI=1S/C24H41N7/c1-22-19-31(17-14-29-22)21-28-18-23-4-6-24(7-5-23)20-30-15-3-10-26-12-11-25-8-2-9-27-13-16-30/h4-7,14,17,25-28H,2-3,8-13,15-16,18-21H2,1H3. The van der Waals surface area contributed by atoms with Crippen LogP contribution in [-0.2, 0) is 13.1 Å². The molecule has 2 heterocycles. The summed E-state index contributed by atoms with van der Waals surface area (Å²) in [6.45, 7) is 14.4. The van der Waals surface area contributed by atoms with Gasteiger partial charge in [-0.15, -0.1) is 0 Å². The van der Waals surface area contributed by atoms with Gasteiger partial charge in [-0.2, -0.15) is 0 Å². The van der Waals surface area contributed by atoms with Gasteiger partial charge in [-0.25, -0.2) is 0 Å². The fourth-order valence-corrected chi connectivity index (χ4v) is 3.94. The lowest BCUT2D eigenvalue weighted by Crippen LogP contribution is -2.36. The Morgan fingerprint density at radius 3 is 2.35 bits per heavy atom. The Morgan fingerprint density at radius 2 is 1.58 bits per heavy atom. The first-order valence-corrected chi connectivity index (χ1v) is 11.9. The lowest BCUT2D eigenvalue weighted by Gasteiger charge is -2.24. The van der Waals surface area contributed by atoms with Gasteiger partial charge in [-0.05, 0) is 57.1 Å². The van der Waals surface area contributed by atoms with Crippen LogP contribution < -0.4 is 21.3 Å². The molecule has 172 valence electrons. The fraction of sp³-hybridized carbons (Fsp3) is 0.625. The first kappa shape index (κ1) is 23.9. The summed E-state index contributed by atoms with van der Waals surface area (Å²) in [7, 11) is 0. The zero-order valence-electron chi connectivity index (χ0n) is 19.2. The number of aliphatic imine (C=N–C) groups is 1. The zero-order valence-corrected chi connectivity index (χ0v) is 19.2. The van der Waals surface area contributed by atoms with E-state index in [-0.39, 0.29) is 0 Å². The summed E-state index contributed by atoms with van der Waals surface area (Å²) in [6.07, 6.45) is 6.30. The van der Waals surface area contributed by atoms with E-state index in [2.05, 4.69) is 67.2 Å². The molecule has 0 radical (unpaired) electrons. The van der Waals surface area contributed by atoms with Crippen molar-refractivity contribution >= 4 is 5.71 Å². The van der Waals surface area contributed by atoms with Crippen LogP contribution in [0.2, 0.25) is 0 Å². The Labute approximate surface area is 188 Å². The largest absolute Gasteiger partial charge is 0.358 e. The lowest BCUT2D eigenvalue weighted by molar-refractivity contribution is 0.260. The summed E-state index contributed by atoms with van der Waals surface area (Å²) in [5.41, 5.74) is 3.88. The molecule has 0 unspecified atom stereocenters. The molecule has 0 spiro atoms. The van der Waals surface area contributed by atoms with E-state index in [0.717, 1.165) is 84.4 Å². The van der Waals surface area contributed by atoms with Crippen molar-refractivity contribution in [2.45, 2.75) is 32.9 Å². The number of nitrogens with zero attached hydrogens (tertiary/aromatic N) is 3. The molecule has 1 aromatic carbocycles. The predicted octanol–water partition coefficient (Wildman–Crippen LogP) is 1.35. The van der Waals surface area contributed by atoms with Gasteiger partial charge < -0.3 is 20.9 Å². The zero-order chi connectivity index (χ0) is 21.6. The first-order chi connectivity index (χ1) is 15.3. The highest BCUT2D eigenvalue weighted by Gasteiger charge is 2.08. The molecule has 3 rings (SSSR count). The Kier molecular flexibility index (Phi) is 11.0. The van der Waals surface area contributed by atoms with Crippen LogP contribution in [0, 0.1) is 0 Å². The Morgan fingerprint density at radius 1 is 0.871 bits per heavy atom. The van der Waals surface area contributed by atoms with Crippen molar-refractivity contribution in [2.75, 3.05) is 65.6 Å². The number of hydrogen-bond acceptors (Lipinski definition) is 7. The van der Waals surface area contributed by atoms with E-state index in [1.807, 2.05) is 12.4 Å². The van der Waals surface area contributed by atoms with Crippen molar-refractivity contribution < 1.29 is 0 Å². The minimum Gasteiger partial charge on any atom is -0.358 e. The van der Waals surface area contributed by atoms with Crippen molar-refractivity contribution in [1.29, 1.82) is 0 Å². The molecule has 0 bridgehead atoms. The third-order valence-corrected chi connectivity index (χ3v) is 5.70. The van der Waals surface area contributed by atoms with Crippen LogP contribution in [-0.4, -0.2) is 81.1 Å². The second-order valence-electron chi connectivity index (χ2n) is 8.54. The molecule has 0 aromatic heterocycles. The average molecular weight is 428 g/mol. The van der Waals surface area contributed by atoms with Crippen molar-refractivity contribution in [1.82, 2.24) is 31.1 Å². The van der Waals surface area contributed by atoms with Gasteiger partial charge in [0.05, 0.1) is 13.2 Å². The highest BCUT2D eigenvalue weighted by Crippen LogP contribution is 2.08. The van der Waals surface area contributed by atoms with E-state index < -0.39 is 0 Å². The van der Waals surface area contributed by atoms with Crippen molar-refractivity contribution in [2.24, 2.45) is 4.99 Å². The first-order valence-electron chi connectivity index (χ1n) is 11.9. The van der Waals surface area contributed by atoms with E-state index in [4.69, 9.17) is 0 Å². The Balaban J connectivity index is 1.40. The average Bonchev–Trinajstić information content (AvgIpc) is 2.77. The van der Waals surface area contributed by atoms with E-state index in [0.29, 0.717) is 0 Å². The Bertz CT molecular complexity index is 657. The molecule has 4 N–H and O–H groups in total. The molecule has 1 fully saturated rings. The van der Waals surface area contributed by atoms with Crippen LogP contribution in [0.3, 0.4) is 0 Å². The molecule has 0 saturated carbocycles. The molecule has 0 aliphatic carbocycles. The fourth-order valence-electron chi connectivity index (χ4n) is 3.94. The van der Waals surface area contributed by atoms with Crippen LogP contribution in [0.4, 0.5) is 0 Å². The molecular weight excluding hydrogens is 386 g/mol. The van der Waals surface area contributed by atoms with Gasteiger partial charge in [0.25, 0.3) is 0 Å². The van der Waals surface area contributed by atoms with E-state index in [9.17, 15) is 0 Å². The molecule has 0 amide bonds. The molecular formula is C24H41N7. The van der Waals surface area contributed by atoms with Gasteiger partial charge in [0, 0.05) is 57.4 Å². The van der Waals surface area contributed by atoms with E-state index in [1.54, 1.807) is 0 Å². The van der Waals surface area contributed by atoms with E-state index in [1.165, 1.54) is 24.0 Å². The minimum absolute atomic E-state index is 0.843.